The topological polar surface area (TPSA) is 6.48 Å². The lowest BCUT2D eigenvalue weighted by Crippen LogP contribution is -2.24. The lowest BCUT2D eigenvalue weighted by atomic mass is 11.3. The third-order valence-corrected chi connectivity index (χ3v) is 5.87. The van der Waals surface area contributed by atoms with Crippen molar-refractivity contribution in [3.8, 4) is 0 Å². The second kappa shape index (κ2) is 2.96. The molecular weight excluding hydrogens is 131 g/mol. The molecule has 0 heterocycles. The average molecular weight is 149 g/mol. The molecular formula is C6H18N2P+. The van der Waals surface area contributed by atoms with Crippen molar-refractivity contribution in [3.63, 3.8) is 0 Å². The molecule has 0 spiro atoms. The van der Waals surface area contributed by atoms with Gasteiger partial charge in [0.05, 0.1) is 13.3 Å². The minimum absolute atomic E-state index is 0.920. The molecule has 0 atom stereocenters. The molecule has 0 unspecified atom stereocenters. The van der Waals surface area contributed by atoms with Crippen LogP contribution >= 0.6 is 7.56 Å². The smallest absolute Gasteiger partial charge is 0.145 e. The fourth-order valence-corrected chi connectivity index (χ4v) is 1.07. The molecule has 2 nitrogen and oxygen atoms in total. The Labute approximate surface area is 59.3 Å². The second-order valence-corrected chi connectivity index (χ2v) is 7.30. The van der Waals surface area contributed by atoms with Crippen LogP contribution in [0.5, 0.6) is 0 Å². The molecule has 9 heavy (non-hydrogen) atoms. The van der Waals surface area contributed by atoms with Crippen molar-refractivity contribution in [2.24, 2.45) is 0 Å². The van der Waals surface area contributed by atoms with Gasteiger partial charge in [0.15, 0.2) is 0 Å². The monoisotopic (exact) mass is 149 g/mol. The van der Waals surface area contributed by atoms with Gasteiger partial charge in [0, 0.05) is 28.2 Å². The molecule has 3 heteroatoms. The van der Waals surface area contributed by atoms with E-state index in [-0.39, 0.29) is 0 Å². The number of hydrogen-bond donors (Lipinski definition) is 0. The van der Waals surface area contributed by atoms with Gasteiger partial charge in [0.1, 0.15) is 7.56 Å². The Morgan fingerprint density at radius 2 is 1.00 bits per heavy atom. The maximum absolute atomic E-state index is 2.30. The van der Waals surface area contributed by atoms with Crippen LogP contribution in [0.15, 0.2) is 0 Å². The molecule has 0 amide bonds. The third-order valence-electron chi connectivity index (χ3n) is 1.96. The molecule has 0 aliphatic carbocycles. The fourth-order valence-electron chi connectivity index (χ4n) is 0.358. The van der Waals surface area contributed by atoms with E-state index in [9.17, 15) is 0 Å². The van der Waals surface area contributed by atoms with Crippen LogP contribution in [0.1, 0.15) is 0 Å². The van der Waals surface area contributed by atoms with Gasteiger partial charge in [-0.15, -0.1) is 0 Å². The quantitative estimate of drug-likeness (QED) is 0.545. The summed E-state index contributed by atoms with van der Waals surface area (Å²) >= 11 is 0. The lowest BCUT2D eigenvalue weighted by Gasteiger charge is -2.29. The first-order chi connectivity index (χ1) is 3.89. The first-order valence-electron chi connectivity index (χ1n) is 3.08. The Balaban J connectivity index is 4.01. The first kappa shape index (κ1) is 9.35. The largest absolute Gasteiger partial charge is 0.170 e. The Morgan fingerprint density at radius 3 is 1.00 bits per heavy atom. The summed E-state index contributed by atoms with van der Waals surface area (Å²) in [6.07, 6.45) is 0. The van der Waals surface area contributed by atoms with Crippen LogP contribution in [-0.4, -0.2) is 50.9 Å². The van der Waals surface area contributed by atoms with E-state index in [2.05, 4.69) is 50.9 Å². The molecule has 0 saturated carbocycles. The predicted molar refractivity (Wildman–Crippen MR) is 46.1 cm³/mol. The Hall–Kier alpha value is 0.350. The summed E-state index contributed by atoms with van der Waals surface area (Å²) in [6.45, 7) is 4.60. The van der Waals surface area contributed by atoms with Crippen LogP contribution in [0.4, 0.5) is 0 Å². The summed E-state index contributed by atoms with van der Waals surface area (Å²) in [7, 11) is 7.61. The third kappa shape index (κ3) is 2.21. The zero-order valence-corrected chi connectivity index (χ0v) is 8.24. The minimum Gasteiger partial charge on any atom is -0.170 e. The molecule has 0 aliphatic heterocycles. The Morgan fingerprint density at radius 1 is 0.778 bits per heavy atom. The van der Waals surface area contributed by atoms with E-state index < -0.39 is 7.56 Å². The van der Waals surface area contributed by atoms with Gasteiger partial charge in [-0.1, -0.05) is 0 Å². The molecule has 0 fully saturated rings. The summed E-state index contributed by atoms with van der Waals surface area (Å²) in [5.74, 6) is 0. The zero-order valence-electron chi connectivity index (χ0n) is 7.34. The molecule has 0 bridgehead atoms. The van der Waals surface area contributed by atoms with Gasteiger partial charge >= 0.3 is 0 Å². The molecule has 0 aromatic carbocycles. The second-order valence-electron chi connectivity index (χ2n) is 3.03. The van der Waals surface area contributed by atoms with Crippen molar-refractivity contribution >= 4 is 7.56 Å². The molecule has 0 saturated heterocycles. The van der Waals surface area contributed by atoms with Crippen LogP contribution in [0, 0.1) is 0 Å². The first-order valence-corrected chi connectivity index (χ1v) is 5.67. The standard InChI is InChI=1S/C6H18N2P/c1-7(2)9(5,6)8(3)4/h1-6H3/q+1. The van der Waals surface area contributed by atoms with Crippen LogP contribution in [0.2, 0.25) is 0 Å². The highest BCUT2D eigenvalue weighted by molar-refractivity contribution is 7.69. The molecule has 0 rings (SSSR count). The summed E-state index contributed by atoms with van der Waals surface area (Å²) in [5, 5.41) is 0. The molecule has 0 radical (unpaired) electrons. The van der Waals surface area contributed by atoms with Crippen molar-refractivity contribution in [2.45, 2.75) is 0 Å². The fraction of sp³-hybridized carbons (Fsp3) is 1.00. The SMILES string of the molecule is CN(C)[P+](C)(C)N(C)C. The molecule has 0 aromatic rings. The van der Waals surface area contributed by atoms with E-state index in [1.54, 1.807) is 0 Å². The predicted octanol–water partition coefficient (Wildman–Crippen LogP) is 1.22. The van der Waals surface area contributed by atoms with Gasteiger partial charge < -0.3 is 0 Å². The van der Waals surface area contributed by atoms with Crippen LogP contribution in [0.3, 0.4) is 0 Å². The van der Waals surface area contributed by atoms with Crippen LogP contribution in [-0.2, 0) is 0 Å². The van der Waals surface area contributed by atoms with Crippen LogP contribution in [0.25, 0.3) is 0 Å². The highest BCUT2D eigenvalue weighted by atomic mass is 31.2. The highest BCUT2D eigenvalue weighted by Crippen LogP contribution is 2.54. The molecule has 0 aromatic heterocycles. The van der Waals surface area contributed by atoms with E-state index in [0.29, 0.717) is 0 Å². The summed E-state index contributed by atoms with van der Waals surface area (Å²) in [4.78, 5) is 0. The van der Waals surface area contributed by atoms with Crippen molar-refractivity contribution in [2.75, 3.05) is 41.5 Å². The van der Waals surface area contributed by atoms with E-state index in [1.165, 1.54) is 0 Å². The lowest BCUT2D eigenvalue weighted by molar-refractivity contribution is 0.561. The number of rotatable bonds is 2. The minimum atomic E-state index is -0.920. The maximum atomic E-state index is 2.30. The maximum Gasteiger partial charge on any atom is 0.145 e. The van der Waals surface area contributed by atoms with Gasteiger partial charge in [-0.05, 0) is 0 Å². The van der Waals surface area contributed by atoms with Crippen molar-refractivity contribution in [3.05, 3.63) is 0 Å². The highest BCUT2D eigenvalue weighted by Gasteiger charge is 2.31. The van der Waals surface area contributed by atoms with E-state index in [1.807, 2.05) is 0 Å². The van der Waals surface area contributed by atoms with E-state index in [0.717, 1.165) is 0 Å². The molecule has 56 valence electrons. The zero-order chi connectivity index (χ0) is 7.65. The van der Waals surface area contributed by atoms with Crippen molar-refractivity contribution in [1.29, 1.82) is 0 Å². The summed E-state index contributed by atoms with van der Waals surface area (Å²) in [5.41, 5.74) is 0. The van der Waals surface area contributed by atoms with Gasteiger partial charge in [0.2, 0.25) is 0 Å². The Kier molecular flexibility index (Phi) is 3.07. The Bertz CT molecular complexity index is 79.1. The van der Waals surface area contributed by atoms with Gasteiger partial charge in [-0.2, -0.15) is 9.34 Å². The van der Waals surface area contributed by atoms with Crippen LogP contribution < -0.4 is 0 Å². The van der Waals surface area contributed by atoms with E-state index in [4.69, 9.17) is 0 Å². The molecule has 0 N–H and O–H groups in total. The van der Waals surface area contributed by atoms with E-state index >= 15 is 0 Å². The normalized spacial score (nSPS) is 13.3. The average Bonchev–Trinajstić information content (AvgIpc) is 1.65. The van der Waals surface area contributed by atoms with Crippen molar-refractivity contribution < 1.29 is 0 Å². The summed E-state index contributed by atoms with van der Waals surface area (Å²) < 4.78 is 4.60. The van der Waals surface area contributed by atoms with Crippen molar-refractivity contribution in [1.82, 2.24) is 9.34 Å². The molecule has 0 aliphatic rings. The van der Waals surface area contributed by atoms with Gasteiger partial charge in [-0.25, -0.2) is 0 Å². The van der Waals surface area contributed by atoms with Gasteiger partial charge in [-0.3, -0.25) is 0 Å². The number of nitrogens with zero attached hydrogens (tertiary/aromatic N) is 2. The van der Waals surface area contributed by atoms with Gasteiger partial charge in [0.25, 0.3) is 0 Å². The number of hydrogen-bond acceptors (Lipinski definition) is 2. The summed E-state index contributed by atoms with van der Waals surface area (Å²) in [6, 6.07) is 0.